The Morgan fingerprint density at radius 1 is 1.20 bits per heavy atom. The molecule has 1 aliphatic rings. The molecule has 0 saturated carbocycles. The average Bonchev–Trinajstić information content (AvgIpc) is 2.82. The molecule has 0 aliphatic carbocycles. The molecule has 0 radical (unpaired) electrons. The fourth-order valence-corrected chi connectivity index (χ4v) is 4.43. The largest absolute Gasteiger partial charge is 0.373 e. The predicted octanol–water partition coefficient (Wildman–Crippen LogP) is 4.23. The number of benzene rings is 1. The number of hydrogen-bond acceptors (Lipinski definition) is 4. The molecule has 1 aromatic carbocycles. The first kappa shape index (κ1) is 18.1. The van der Waals surface area contributed by atoms with E-state index in [1.54, 1.807) is 11.3 Å². The van der Waals surface area contributed by atoms with E-state index in [1.165, 1.54) is 16.0 Å². The topological polar surface area (TPSA) is 41.6 Å². The van der Waals surface area contributed by atoms with Crippen molar-refractivity contribution in [3.05, 3.63) is 51.9 Å². The van der Waals surface area contributed by atoms with Crippen LogP contribution in [0.4, 0.5) is 5.00 Å². The van der Waals surface area contributed by atoms with Crippen LogP contribution in [0.3, 0.4) is 0 Å². The van der Waals surface area contributed by atoms with E-state index >= 15 is 0 Å². The van der Waals surface area contributed by atoms with Crippen LogP contribution in [-0.4, -0.2) is 36.1 Å². The van der Waals surface area contributed by atoms with Gasteiger partial charge in [-0.15, -0.1) is 11.3 Å². The van der Waals surface area contributed by atoms with Crippen LogP contribution in [0.1, 0.15) is 40.2 Å². The molecule has 1 aromatic heterocycles. The standard InChI is InChI=1S/C20H26N2O2S/c1-13-10-22(11-14(2)24-13)12-18-15(3)16(4)25-20(18)21-19(23)17-8-6-5-7-9-17/h5-9,13-14H,10-12H2,1-4H3,(H,21,23)/t13-,14+. The van der Waals surface area contributed by atoms with E-state index in [9.17, 15) is 4.79 Å². The molecule has 2 aromatic rings. The average molecular weight is 359 g/mol. The van der Waals surface area contributed by atoms with Crippen molar-refractivity contribution >= 4 is 22.2 Å². The minimum absolute atomic E-state index is 0.0492. The molecular formula is C20H26N2O2S. The Hall–Kier alpha value is -1.69. The molecule has 1 aliphatic heterocycles. The number of ether oxygens (including phenoxy) is 1. The Morgan fingerprint density at radius 3 is 2.48 bits per heavy atom. The van der Waals surface area contributed by atoms with Crippen LogP contribution in [0, 0.1) is 13.8 Å². The molecule has 1 fully saturated rings. The fraction of sp³-hybridized carbons (Fsp3) is 0.450. The second-order valence-corrected chi connectivity index (χ2v) is 8.09. The zero-order valence-electron chi connectivity index (χ0n) is 15.3. The smallest absolute Gasteiger partial charge is 0.256 e. The minimum atomic E-state index is -0.0492. The molecule has 0 unspecified atom stereocenters. The summed E-state index contributed by atoms with van der Waals surface area (Å²) in [5.41, 5.74) is 3.19. The first-order valence-electron chi connectivity index (χ1n) is 8.77. The van der Waals surface area contributed by atoms with E-state index in [0.717, 1.165) is 24.6 Å². The maximum absolute atomic E-state index is 12.5. The van der Waals surface area contributed by atoms with Gasteiger partial charge < -0.3 is 10.1 Å². The van der Waals surface area contributed by atoms with Gasteiger partial charge in [0.25, 0.3) is 5.91 Å². The third-order valence-corrected chi connectivity index (χ3v) is 5.81. The second kappa shape index (κ2) is 7.68. The number of aryl methyl sites for hydroxylation is 1. The minimum Gasteiger partial charge on any atom is -0.373 e. The van der Waals surface area contributed by atoms with Crippen LogP contribution in [-0.2, 0) is 11.3 Å². The Morgan fingerprint density at radius 2 is 1.84 bits per heavy atom. The molecule has 3 rings (SSSR count). The van der Waals surface area contributed by atoms with Crippen LogP contribution in [0.15, 0.2) is 30.3 Å². The number of hydrogen-bond donors (Lipinski definition) is 1. The molecule has 134 valence electrons. The van der Waals surface area contributed by atoms with Gasteiger partial charge in [0.1, 0.15) is 5.00 Å². The highest BCUT2D eigenvalue weighted by Gasteiger charge is 2.25. The second-order valence-electron chi connectivity index (χ2n) is 6.86. The third-order valence-electron chi connectivity index (χ3n) is 4.65. The normalized spacial score (nSPS) is 21.3. The summed E-state index contributed by atoms with van der Waals surface area (Å²) in [6.07, 6.45) is 0.484. The van der Waals surface area contributed by atoms with Crippen LogP contribution < -0.4 is 5.32 Å². The van der Waals surface area contributed by atoms with Crippen molar-refractivity contribution in [2.24, 2.45) is 0 Å². The zero-order valence-corrected chi connectivity index (χ0v) is 16.2. The van der Waals surface area contributed by atoms with Crippen molar-refractivity contribution < 1.29 is 9.53 Å². The summed E-state index contributed by atoms with van der Waals surface area (Å²) in [5, 5.41) is 4.09. The maximum Gasteiger partial charge on any atom is 0.256 e. The van der Waals surface area contributed by atoms with Crippen molar-refractivity contribution in [3.8, 4) is 0 Å². The number of anilines is 1. The fourth-order valence-electron chi connectivity index (χ4n) is 3.37. The highest BCUT2D eigenvalue weighted by Crippen LogP contribution is 2.34. The number of nitrogens with one attached hydrogen (secondary N) is 1. The molecule has 25 heavy (non-hydrogen) atoms. The van der Waals surface area contributed by atoms with E-state index in [1.807, 2.05) is 30.3 Å². The van der Waals surface area contributed by atoms with Gasteiger partial charge in [-0.3, -0.25) is 9.69 Å². The van der Waals surface area contributed by atoms with Gasteiger partial charge in [0.05, 0.1) is 12.2 Å². The van der Waals surface area contributed by atoms with Gasteiger partial charge in [-0.2, -0.15) is 0 Å². The van der Waals surface area contributed by atoms with Gasteiger partial charge >= 0.3 is 0 Å². The summed E-state index contributed by atoms with van der Waals surface area (Å²) in [5.74, 6) is -0.0492. The Labute approximate surface area is 153 Å². The number of nitrogens with zero attached hydrogens (tertiary/aromatic N) is 1. The summed E-state index contributed by atoms with van der Waals surface area (Å²) in [6.45, 7) is 11.2. The Bertz CT molecular complexity index is 732. The van der Waals surface area contributed by atoms with E-state index in [2.05, 4.69) is 37.9 Å². The lowest BCUT2D eigenvalue weighted by molar-refractivity contribution is -0.0704. The van der Waals surface area contributed by atoms with Gasteiger partial charge in [-0.1, -0.05) is 18.2 Å². The first-order chi connectivity index (χ1) is 11.9. The summed E-state index contributed by atoms with van der Waals surface area (Å²) < 4.78 is 5.83. The molecule has 0 bridgehead atoms. The molecule has 1 amide bonds. The molecular weight excluding hydrogens is 332 g/mol. The van der Waals surface area contributed by atoms with Crippen LogP contribution in [0.5, 0.6) is 0 Å². The number of carbonyl (C=O) groups excluding carboxylic acids is 1. The van der Waals surface area contributed by atoms with Gasteiger partial charge in [0.15, 0.2) is 0 Å². The van der Waals surface area contributed by atoms with Crippen molar-refractivity contribution in [3.63, 3.8) is 0 Å². The van der Waals surface area contributed by atoms with Crippen molar-refractivity contribution in [1.82, 2.24) is 4.90 Å². The van der Waals surface area contributed by atoms with Crippen LogP contribution >= 0.6 is 11.3 Å². The van der Waals surface area contributed by atoms with Crippen LogP contribution in [0.2, 0.25) is 0 Å². The molecule has 1 N–H and O–H groups in total. The van der Waals surface area contributed by atoms with Gasteiger partial charge in [0, 0.05) is 35.6 Å². The molecule has 5 heteroatoms. The molecule has 0 spiro atoms. The van der Waals surface area contributed by atoms with Crippen LogP contribution in [0.25, 0.3) is 0 Å². The third kappa shape index (κ3) is 4.29. The summed E-state index contributed by atoms with van der Waals surface area (Å²) in [7, 11) is 0. The molecule has 2 heterocycles. The molecule has 2 atom stereocenters. The predicted molar refractivity (Wildman–Crippen MR) is 103 cm³/mol. The summed E-state index contributed by atoms with van der Waals surface area (Å²) in [4.78, 5) is 16.2. The van der Waals surface area contributed by atoms with Crippen molar-refractivity contribution in [2.45, 2.75) is 46.4 Å². The van der Waals surface area contributed by atoms with E-state index < -0.39 is 0 Å². The number of morpholine rings is 1. The van der Waals surface area contributed by atoms with E-state index in [0.29, 0.717) is 5.56 Å². The SMILES string of the molecule is Cc1sc(NC(=O)c2ccccc2)c(CN2C[C@@H](C)O[C@@H](C)C2)c1C. The summed E-state index contributed by atoms with van der Waals surface area (Å²) in [6, 6.07) is 9.37. The van der Waals surface area contributed by atoms with Gasteiger partial charge in [-0.05, 0) is 45.4 Å². The van der Waals surface area contributed by atoms with E-state index in [-0.39, 0.29) is 18.1 Å². The number of rotatable bonds is 4. The Kier molecular flexibility index (Phi) is 5.57. The van der Waals surface area contributed by atoms with Crippen molar-refractivity contribution in [2.75, 3.05) is 18.4 Å². The lowest BCUT2D eigenvalue weighted by Crippen LogP contribution is -2.44. The lowest BCUT2D eigenvalue weighted by Gasteiger charge is -2.35. The molecule has 4 nitrogen and oxygen atoms in total. The number of amides is 1. The monoisotopic (exact) mass is 358 g/mol. The number of carbonyl (C=O) groups is 1. The maximum atomic E-state index is 12.5. The van der Waals surface area contributed by atoms with Gasteiger partial charge in [-0.25, -0.2) is 0 Å². The quantitative estimate of drug-likeness (QED) is 0.889. The highest BCUT2D eigenvalue weighted by atomic mass is 32.1. The van der Waals surface area contributed by atoms with E-state index in [4.69, 9.17) is 4.74 Å². The molecule has 1 saturated heterocycles. The lowest BCUT2D eigenvalue weighted by atomic mass is 10.1. The Balaban J connectivity index is 1.79. The van der Waals surface area contributed by atoms with Gasteiger partial charge in [0.2, 0.25) is 0 Å². The highest BCUT2D eigenvalue weighted by molar-refractivity contribution is 7.16. The first-order valence-corrected chi connectivity index (χ1v) is 9.58. The van der Waals surface area contributed by atoms with Crippen molar-refractivity contribution in [1.29, 1.82) is 0 Å². The summed E-state index contributed by atoms with van der Waals surface area (Å²) >= 11 is 1.66. The zero-order chi connectivity index (χ0) is 18.0. The number of thiophene rings is 1.